The zero-order valence-corrected chi connectivity index (χ0v) is 5.78. The molecule has 0 bridgehead atoms. The van der Waals surface area contributed by atoms with Gasteiger partial charge in [-0.15, -0.1) is 0 Å². The van der Waals surface area contributed by atoms with Gasteiger partial charge >= 0.3 is 0 Å². The second kappa shape index (κ2) is 3.39. The molecule has 0 spiro atoms. The van der Waals surface area contributed by atoms with Gasteiger partial charge in [0.2, 0.25) is 0 Å². The van der Waals surface area contributed by atoms with Gasteiger partial charge in [0.15, 0.2) is 0 Å². The van der Waals surface area contributed by atoms with Crippen molar-refractivity contribution in [3.05, 3.63) is 24.2 Å². The number of aliphatic hydroxyl groups is 1. The van der Waals surface area contributed by atoms with Crippen molar-refractivity contribution in [2.45, 2.75) is 6.10 Å². The normalized spacial score (nSPS) is 13.4. The van der Waals surface area contributed by atoms with Crippen LogP contribution in [0.3, 0.4) is 0 Å². The number of furan rings is 1. The molecule has 1 aromatic heterocycles. The van der Waals surface area contributed by atoms with Crippen LogP contribution in [-0.4, -0.2) is 18.8 Å². The van der Waals surface area contributed by atoms with Crippen LogP contribution in [0.15, 0.2) is 22.8 Å². The minimum Gasteiger partial charge on any atom is -0.466 e. The van der Waals surface area contributed by atoms with E-state index >= 15 is 0 Å². The summed E-state index contributed by atoms with van der Waals surface area (Å²) in [4.78, 5) is 0. The van der Waals surface area contributed by atoms with Crippen molar-refractivity contribution in [1.82, 2.24) is 0 Å². The van der Waals surface area contributed by atoms with Gasteiger partial charge in [-0.25, -0.2) is 0 Å². The first-order valence-corrected chi connectivity index (χ1v) is 3.05. The van der Waals surface area contributed by atoms with Gasteiger partial charge in [-0.05, 0) is 12.1 Å². The Morgan fingerprint density at radius 2 is 2.60 bits per heavy atom. The highest BCUT2D eigenvalue weighted by atomic mass is 16.5. The first-order chi connectivity index (χ1) is 4.88. The van der Waals surface area contributed by atoms with Crippen LogP contribution in [0.4, 0.5) is 0 Å². The van der Waals surface area contributed by atoms with Crippen LogP contribution >= 0.6 is 0 Å². The molecule has 1 heterocycles. The number of methoxy groups -OCH3 is 1. The molecule has 10 heavy (non-hydrogen) atoms. The van der Waals surface area contributed by atoms with Gasteiger partial charge in [0, 0.05) is 7.11 Å². The number of rotatable bonds is 3. The molecule has 0 aliphatic heterocycles. The molecule has 0 amide bonds. The molecule has 3 heteroatoms. The summed E-state index contributed by atoms with van der Waals surface area (Å²) in [6.07, 6.45) is 1.23. The lowest BCUT2D eigenvalue weighted by molar-refractivity contribution is 0.0334. The van der Waals surface area contributed by atoms with Crippen LogP contribution in [0.1, 0.15) is 11.9 Å². The largest absolute Gasteiger partial charge is 0.466 e. The van der Waals surface area contributed by atoms with E-state index in [1.807, 2.05) is 0 Å². The Morgan fingerprint density at radius 3 is 3.00 bits per heavy atom. The summed E-state index contributed by atoms with van der Waals surface area (Å²) >= 11 is 0. The number of hydrogen-bond acceptors (Lipinski definition) is 3. The third-order valence-electron chi connectivity index (χ3n) is 1.31. The van der Waals surface area contributed by atoms with Crippen molar-refractivity contribution in [3.8, 4) is 0 Å². The predicted molar refractivity (Wildman–Crippen MR) is 35.5 cm³/mol. The summed E-state index contributed by atoms with van der Waals surface area (Å²) in [5.74, 6) is 0.657. The fourth-order valence-corrected chi connectivity index (χ4v) is 0.755. The molecule has 3 nitrogen and oxygen atoms in total. The van der Waals surface area contributed by atoms with E-state index in [9.17, 15) is 0 Å². The first-order valence-electron chi connectivity index (χ1n) is 3.05. The second-order valence-corrected chi connectivity index (χ2v) is 1.92. The summed E-state index contributed by atoms with van der Waals surface area (Å²) in [5.41, 5.74) is 0. The van der Waals surface area contributed by atoms with Crippen molar-refractivity contribution in [3.63, 3.8) is 0 Å². The van der Waals surface area contributed by atoms with Gasteiger partial charge in [0.05, 0.1) is 12.9 Å². The van der Waals surface area contributed by atoms with Gasteiger partial charge in [-0.3, -0.25) is 0 Å². The van der Waals surface area contributed by atoms with Gasteiger partial charge in [-0.2, -0.15) is 0 Å². The first kappa shape index (κ1) is 7.31. The summed E-state index contributed by atoms with van der Waals surface area (Å²) < 4.78 is 9.89. The Hall–Kier alpha value is -0.800. The number of aliphatic hydroxyl groups excluding tert-OH is 1. The molecule has 0 aliphatic rings. The highest BCUT2D eigenvalue weighted by Crippen LogP contribution is 2.15. The maximum atomic E-state index is 8.71. The lowest BCUT2D eigenvalue weighted by atomic mass is 10.3. The van der Waals surface area contributed by atoms with Gasteiger partial charge in [0.25, 0.3) is 0 Å². The van der Waals surface area contributed by atoms with Gasteiger partial charge < -0.3 is 14.3 Å². The molecule has 0 aromatic carbocycles. The van der Waals surface area contributed by atoms with Crippen LogP contribution in [-0.2, 0) is 4.74 Å². The predicted octanol–water partition coefficient (Wildman–Crippen LogP) is 0.959. The van der Waals surface area contributed by atoms with E-state index in [1.54, 1.807) is 18.4 Å². The third kappa shape index (κ3) is 1.37. The van der Waals surface area contributed by atoms with Crippen LogP contribution in [0.25, 0.3) is 0 Å². The zero-order chi connectivity index (χ0) is 7.40. The molecule has 56 valence electrons. The van der Waals surface area contributed by atoms with E-state index in [4.69, 9.17) is 14.3 Å². The third-order valence-corrected chi connectivity index (χ3v) is 1.31. The maximum Gasteiger partial charge on any atom is 0.138 e. The van der Waals surface area contributed by atoms with Crippen LogP contribution in [0, 0.1) is 0 Å². The average Bonchev–Trinajstić information content (AvgIpc) is 2.43. The highest BCUT2D eigenvalue weighted by molar-refractivity contribution is 5.01. The standard InChI is InChI=1S/C7H10O3/c1-9-7(5-8)6-3-2-4-10-6/h2-4,7-8H,5H2,1H3. The molecular formula is C7H10O3. The number of ether oxygens (including phenoxy) is 1. The Kier molecular flexibility index (Phi) is 2.48. The molecule has 0 fully saturated rings. The topological polar surface area (TPSA) is 42.6 Å². The maximum absolute atomic E-state index is 8.71. The minimum absolute atomic E-state index is 0.0516. The van der Waals surface area contributed by atoms with E-state index in [-0.39, 0.29) is 12.7 Å². The lowest BCUT2D eigenvalue weighted by Crippen LogP contribution is -2.04. The molecule has 0 aliphatic carbocycles. The monoisotopic (exact) mass is 142 g/mol. The second-order valence-electron chi connectivity index (χ2n) is 1.92. The fraction of sp³-hybridized carbons (Fsp3) is 0.429. The van der Waals surface area contributed by atoms with Gasteiger partial charge in [-0.1, -0.05) is 0 Å². The lowest BCUT2D eigenvalue weighted by Gasteiger charge is -2.07. The fourth-order valence-electron chi connectivity index (χ4n) is 0.755. The average molecular weight is 142 g/mol. The summed E-state index contributed by atoms with van der Waals surface area (Å²) in [6.45, 7) is -0.0516. The van der Waals surface area contributed by atoms with Crippen molar-refractivity contribution in [1.29, 1.82) is 0 Å². The zero-order valence-electron chi connectivity index (χ0n) is 5.78. The van der Waals surface area contributed by atoms with Crippen molar-refractivity contribution >= 4 is 0 Å². The van der Waals surface area contributed by atoms with Crippen LogP contribution in [0.2, 0.25) is 0 Å². The van der Waals surface area contributed by atoms with Crippen molar-refractivity contribution in [2.75, 3.05) is 13.7 Å². The Balaban J connectivity index is 2.64. The molecule has 1 atom stereocenters. The Bertz CT molecular complexity index is 165. The smallest absolute Gasteiger partial charge is 0.138 e. The van der Waals surface area contributed by atoms with E-state index in [0.29, 0.717) is 5.76 Å². The van der Waals surface area contributed by atoms with E-state index < -0.39 is 0 Å². The molecule has 1 rings (SSSR count). The Morgan fingerprint density at radius 1 is 1.80 bits per heavy atom. The van der Waals surface area contributed by atoms with Crippen molar-refractivity contribution in [2.24, 2.45) is 0 Å². The molecule has 1 aromatic rings. The summed E-state index contributed by atoms with van der Waals surface area (Å²) in [6, 6.07) is 3.53. The quantitative estimate of drug-likeness (QED) is 0.683. The summed E-state index contributed by atoms with van der Waals surface area (Å²) in [7, 11) is 1.53. The summed E-state index contributed by atoms with van der Waals surface area (Å²) in [5, 5.41) is 8.71. The molecule has 0 radical (unpaired) electrons. The molecule has 1 unspecified atom stereocenters. The van der Waals surface area contributed by atoms with E-state index in [0.717, 1.165) is 0 Å². The number of hydrogen-bond donors (Lipinski definition) is 1. The highest BCUT2D eigenvalue weighted by Gasteiger charge is 2.10. The minimum atomic E-state index is -0.324. The Labute approximate surface area is 59.2 Å². The van der Waals surface area contributed by atoms with Crippen LogP contribution in [0.5, 0.6) is 0 Å². The molecule has 0 saturated carbocycles. The van der Waals surface area contributed by atoms with Gasteiger partial charge in [0.1, 0.15) is 11.9 Å². The van der Waals surface area contributed by atoms with Crippen LogP contribution < -0.4 is 0 Å². The molecular weight excluding hydrogens is 132 g/mol. The molecule has 1 N–H and O–H groups in total. The van der Waals surface area contributed by atoms with E-state index in [1.165, 1.54) is 7.11 Å². The SMILES string of the molecule is COC(CO)c1ccco1. The van der Waals surface area contributed by atoms with E-state index in [2.05, 4.69) is 0 Å². The molecule has 0 saturated heterocycles. The van der Waals surface area contributed by atoms with Crippen molar-refractivity contribution < 1.29 is 14.3 Å².